The van der Waals surface area contributed by atoms with Gasteiger partial charge in [-0.15, -0.1) is 0 Å². The van der Waals surface area contributed by atoms with E-state index < -0.39 is 8.07 Å². The monoisotopic (exact) mass is 274 g/mol. The molecule has 0 aromatic heterocycles. The van der Waals surface area contributed by atoms with Gasteiger partial charge in [0, 0.05) is 10.6 Å². The van der Waals surface area contributed by atoms with E-state index in [0.717, 1.165) is 10.8 Å². The van der Waals surface area contributed by atoms with Gasteiger partial charge in [-0.2, -0.15) is 0 Å². The Morgan fingerprint density at radius 1 is 1.06 bits per heavy atom. The molecule has 18 heavy (non-hydrogen) atoms. The zero-order chi connectivity index (χ0) is 12.9. The van der Waals surface area contributed by atoms with Crippen LogP contribution in [0.25, 0.3) is 11.1 Å². The highest BCUT2D eigenvalue weighted by molar-refractivity contribution is 7.04. The van der Waals surface area contributed by atoms with Crippen LogP contribution in [0, 0.1) is 0 Å². The molecular weight excluding hydrogens is 260 g/mol. The standard InChI is InChI=1S/C15H15ClOSi/c1-17-12-5-4-6-13-15(12)11-8-7-10(16)9-14(11)18(13,2)3/h4-9H,1-3H3. The van der Waals surface area contributed by atoms with E-state index in [0.29, 0.717) is 0 Å². The molecule has 0 aliphatic carbocycles. The van der Waals surface area contributed by atoms with E-state index in [1.54, 1.807) is 7.11 Å². The number of hydrogen-bond acceptors (Lipinski definition) is 1. The van der Waals surface area contributed by atoms with Crippen LogP contribution < -0.4 is 15.1 Å². The molecule has 0 saturated carbocycles. The van der Waals surface area contributed by atoms with E-state index in [2.05, 4.69) is 37.4 Å². The van der Waals surface area contributed by atoms with Crippen molar-refractivity contribution in [2.45, 2.75) is 13.1 Å². The van der Waals surface area contributed by atoms with Crippen molar-refractivity contribution >= 4 is 30.0 Å². The summed E-state index contributed by atoms with van der Waals surface area (Å²) in [7, 11) is 0.109. The molecule has 0 spiro atoms. The first-order valence-electron chi connectivity index (χ1n) is 6.03. The number of fused-ring (bicyclic) bond motifs is 3. The van der Waals surface area contributed by atoms with Crippen LogP contribution in [0.15, 0.2) is 36.4 Å². The highest BCUT2D eigenvalue weighted by atomic mass is 35.5. The lowest BCUT2D eigenvalue weighted by Gasteiger charge is -2.18. The Kier molecular flexibility index (Phi) is 2.54. The summed E-state index contributed by atoms with van der Waals surface area (Å²) in [5.74, 6) is 0.967. The van der Waals surface area contributed by atoms with Crippen molar-refractivity contribution in [3.63, 3.8) is 0 Å². The fourth-order valence-electron chi connectivity index (χ4n) is 2.90. The van der Waals surface area contributed by atoms with Gasteiger partial charge in [-0.05, 0) is 34.1 Å². The number of halogens is 1. The Morgan fingerprint density at radius 2 is 1.83 bits per heavy atom. The minimum Gasteiger partial charge on any atom is -0.496 e. The number of ether oxygens (including phenoxy) is 1. The van der Waals surface area contributed by atoms with E-state index in [4.69, 9.17) is 16.3 Å². The first-order valence-corrected chi connectivity index (χ1v) is 9.41. The number of hydrogen-bond donors (Lipinski definition) is 0. The van der Waals surface area contributed by atoms with Gasteiger partial charge in [-0.1, -0.05) is 42.9 Å². The van der Waals surface area contributed by atoms with Gasteiger partial charge in [-0.25, -0.2) is 0 Å². The van der Waals surface area contributed by atoms with E-state index in [9.17, 15) is 0 Å². The summed E-state index contributed by atoms with van der Waals surface area (Å²) in [6, 6.07) is 12.6. The third-order valence-corrected chi connectivity index (χ3v) is 7.60. The SMILES string of the molecule is COc1cccc2c1-c1ccc(Cl)cc1[Si]2(C)C. The predicted molar refractivity (Wildman–Crippen MR) is 80.2 cm³/mol. The van der Waals surface area contributed by atoms with Gasteiger partial charge in [0.1, 0.15) is 13.8 Å². The molecule has 3 heteroatoms. The maximum Gasteiger partial charge on any atom is 0.126 e. The summed E-state index contributed by atoms with van der Waals surface area (Å²) in [6.07, 6.45) is 0. The second-order valence-electron chi connectivity index (χ2n) is 5.20. The normalized spacial score (nSPS) is 15.1. The second kappa shape index (κ2) is 3.87. The van der Waals surface area contributed by atoms with E-state index in [1.165, 1.54) is 21.5 Å². The summed E-state index contributed by atoms with van der Waals surface area (Å²) in [6.45, 7) is 4.74. The van der Waals surface area contributed by atoms with Gasteiger partial charge in [0.05, 0.1) is 7.11 Å². The summed E-state index contributed by atoms with van der Waals surface area (Å²) in [4.78, 5) is 0. The molecule has 0 N–H and O–H groups in total. The first kappa shape index (κ1) is 11.8. The molecule has 0 bridgehead atoms. The Bertz CT molecular complexity index is 630. The van der Waals surface area contributed by atoms with Crippen LogP contribution in [0.2, 0.25) is 18.1 Å². The molecule has 0 atom stereocenters. The van der Waals surface area contributed by atoms with Crippen LogP contribution in [0.5, 0.6) is 5.75 Å². The zero-order valence-electron chi connectivity index (χ0n) is 10.8. The van der Waals surface area contributed by atoms with E-state index in [1.807, 2.05) is 12.1 Å². The fourth-order valence-corrected chi connectivity index (χ4v) is 6.24. The Labute approximate surface area is 113 Å². The molecule has 3 rings (SSSR count). The van der Waals surface area contributed by atoms with Gasteiger partial charge in [0.25, 0.3) is 0 Å². The van der Waals surface area contributed by atoms with Crippen molar-refractivity contribution in [2.75, 3.05) is 7.11 Å². The van der Waals surface area contributed by atoms with Gasteiger partial charge >= 0.3 is 0 Å². The molecule has 1 aliphatic rings. The van der Waals surface area contributed by atoms with Crippen molar-refractivity contribution in [2.24, 2.45) is 0 Å². The van der Waals surface area contributed by atoms with Crippen LogP contribution in [-0.4, -0.2) is 15.2 Å². The van der Waals surface area contributed by atoms with Crippen LogP contribution in [0.4, 0.5) is 0 Å². The third kappa shape index (κ3) is 1.46. The van der Waals surface area contributed by atoms with E-state index in [-0.39, 0.29) is 0 Å². The Balaban J connectivity index is 2.40. The molecule has 0 unspecified atom stereocenters. The van der Waals surface area contributed by atoms with Crippen LogP contribution in [0.1, 0.15) is 0 Å². The molecule has 2 aromatic carbocycles. The average molecular weight is 275 g/mol. The van der Waals surface area contributed by atoms with Crippen molar-refractivity contribution < 1.29 is 4.74 Å². The lowest BCUT2D eigenvalue weighted by atomic mass is 10.1. The van der Waals surface area contributed by atoms with E-state index >= 15 is 0 Å². The van der Waals surface area contributed by atoms with Crippen LogP contribution >= 0.6 is 11.6 Å². The molecule has 0 saturated heterocycles. The molecule has 0 fully saturated rings. The van der Waals surface area contributed by atoms with Crippen molar-refractivity contribution in [1.29, 1.82) is 0 Å². The minimum absolute atomic E-state index is 0.820. The highest BCUT2D eigenvalue weighted by Crippen LogP contribution is 2.35. The minimum atomic E-state index is -1.62. The molecule has 1 nitrogen and oxygen atoms in total. The van der Waals surface area contributed by atoms with Crippen molar-refractivity contribution in [1.82, 2.24) is 0 Å². The molecule has 92 valence electrons. The smallest absolute Gasteiger partial charge is 0.126 e. The lowest BCUT2D eigenvalue weighted by Crippen LogP contribution is -2.49. The van der Waals surface area contributed by atoms with Gasteiger partial charge in [0.2, 0.25) is 0 Å². The summed E-state index contributed by atoms with van der Waals surface area (Å²) in [5, 5.41) is 3.68. The maximum atomic E-state index is 6.16. The predicted octanol–water partition coefficient (Wildman–Crippen LogP) is 3.15. The lowest BCUT2D eigenvalue weighted by molar-refractivity contribution is 0.417. The molecule has 0 amide bonds. The summed E-state index contributed by atoms with van der Waals surface area (Å²) in [5.41, 5.74) is 2.56. The van der Waals surface area contributed by atoms with Crippen LogP contribution in [-0.2, 0) is 0 Å². The highest BCUT2D eigenvalue weighted by Gasteiger charge is 2.38. The van der Waals surface area contributed by atoms with Gasteiger partial charge < -0.3 is 4.74 Å². The quantitative estimate of drug-likeness (QED) is 0.726. The topological polar surface area (TPSA) is 9.23 Å². The Hall–Kier alpha value is -1.25. The largest absolute Gasteiger partial charge is 0.496 e. The third-order valence-electron chi connectivity index (χ3n) is 3.84. The Morgan fingerprint density at radius 3 is 2.56 bits per heavy atom. The molecule has 1 heterocycles. The van der Waals surface area contributed by atoms with Crippen molar-refractivity contribution in [3.05, 3.63) is 41.4 Å². The molecule has 0 radical (unpaired) electrons. The average Bonchev–Trinajstić information content (AvgIpc) is 2.59. The number of benzene rings is 2. The second-order valence-corrected chi connectivity index (χ2v) is 9.96. The molecule has 1 aliphatic heterocycles. The zero-order valence-corrected chi connectivity index (χ0v) is 12.5. The summed E-state index contributed by atoms with van der Waals surface area (Å²) >= 11 is 6.16. The van der Waals surface area contributed by atoms with Gasteiger partial charge in [0.15, 0.2) is 0 Å². The number of methoxy groups -OCH3 is 1. The number of rotatable bonds is 1. The van der Waals surface area contributed by atoms with Gasteiger partial charge in [-0.3, -0.25) is 0 Å². The summed E-state index contributed by atoms with van der Waals surface area (Å²) < 4.78 is 5.53. The first-order chi connectivity index (χ1) is 8.55. The maximum absolute atomic E-state index is 6.16. The molecule has 2 aromatic rings. The van der Waals surface area contributed by atoms with Crippen LogP contribution in [0.3, 0.4) is 0 Å². The fraction of sp³-hybridized carbons (Fsp3) is 0.200. The van der Waals surface area contributed by atoms with Crippen molar-refractivity contribution in [3.8, 4) is 16.9 Å². The molecular formula is C15H15ClOSi.